The van der Waals surface area contributed by atoms with E-state index in [2.05, 4.69) is 70.2 Å². The zero-order chi connectivity index (χ0) is 19.7. The fourth-order valence-corrected chi connectivity index (χ4v) is 24.8. The van der Waals surface area contributed by atoms with Crippen LogP contribution in [-0.4, -0.2) is 27.8 Å². The summed E-state index contributed by atoms with van der Waals surface area (Å²) in [6.45, 7) is 9.05. The first-order valence-corrected chi connectivity index (χ1v) is 19.6. The summed E-state index contributed by atoms with van der Waals surface area (Å²) in [5.41, 5.74) is 1.23. The van der Waals surface area contributed by atoms with E-state index in [9.17, 15) is 4.21 Å². The first-order valence-electron chi connectivity index (χ1n) is 10.9. The first-order chi connectivity index (χ1) is 13.1. The average Bonchev–Trinajstić information content (AvgIpc) is 3.18. The van der Waals surface area contributed by atoms with E-state index >= 15 is 0 Å². The predicted molar refractivity (Wildman–Crippen MR) is 123 cm³/mol. The molecule has 0 bridgehead atoms. The number of unbranched alkanes of at least 4 members (excludes halogenated alkanes) is 3. The van der Waals surface area contributed by atoms with Crippen LogP contribution >= 0.6 is 0 Å². The van der Waals surface area contributed by atoms with Gasteiger partial charge in [-0.3, -0.25) is 0 Å². The van der Waals surface area contributed by atoms with E-state index < -0.39 is 29.2 Å². The summed E-state index contributed by atoms with van der Waals surface area (Å²) in [4.78, 5) is 0.990. The Morgan fingerprint density at radius 1 is 0.889 bits per heavy atom. The van der Waals surface area contributed by atoms with Gasteiger partial charge in [0.1, 0.15) is 0 Å². The molecule has 1 aromatic carbocycles. The van der Waals surface area contributed by atoms with Gasteiger partial charge in [-0.1, -0.05) is 0 Å². The summed E-state index contributed by atoms with van der Waals surface area (Å²) in [5.74, 6) is 0. The molecule has 150 valence electrons. The summed E-state index contributed by atoms with van der Waals surface area (Å²) < 4.78 is 19.5. The van der Waals surface area contributed by atoms with Crippen LogP contribution in [0.2, 0.25) is 13.3 Å². The first kappa shape index (κ1) is 22.9. The molecule has 0 fully saturated rings. The molecule has 0 saturated heterocycles. The molecule has 0 radical (unpaired) electrons. The fourth-order valence-electron chi connectivity index (χ4n) is 4.30. The van der Waals surface area contributed by atoms with Gasteiger partial charge in [-0.05, 0) is 0 Å². The van der Waals surface area contributed by atoms with Crippen LogP contribution in [0, 0.1) is 6.92 Å². The van der Waals surface area contributed by atoms with Crippen molar-refractivity contribution >= 4 is 29.2 Å². The molecule has 0 saturated carbocycles. The Kier molecular flexibility index (Phi) is 9.85. The molecule has 3 heteroatoms. The molecule has 0 heterocycles. The molecule has 2 unspecified atom stereocenters. The normalized spacial score (nSPS) is 17.9. The van der Waals surface area contributed by atoms with E-state index in [1.807, 2.05) is 0 Å². The van der Waals surface area contributed by atoms with Crippen molar-refractivity contribution in [3.8, 4) is 0 Å². The summed E-state index contributed by atoms with van der Waals surface area (Å²) in [7, 11) is -0.963. The zero-order valence-electron chi connectivity index (χ0n) is 17.8. The summed E-state index contributed by atoms with van der Waals surface area (Å²) in [5, 5.41) is 0.133. The van der Waals surface area contributed by atoms with Gasteiger partial charge in [-0.25, -0.2) is 0 Å². The molecule has 1 nitrogen and oxygen atoms in total. The van der Waals surface area contributed by atoms with Gasteiger partial charge in [0.25, 0.3) is 0 Å². The van der Waals surface area contributed by atoms with Crippen molar-refractivity contribution in [3.05, 3.63) is 51.6 Å². The predicted octanol–water partition coefficient (Wildman–Crippen LogP) is 7.36. The van der Waals surface area contributed by atoms with Gasteiger partial charge in [-0.2, -0.15) is 0 Å². The van der Waals surface area contributed by atoms with Crippen molar-refractivity contribution in [1.29, 1.82) is 0 Å². The third kappa shape index (κ3) is 6.06. The Balaban J connectivity index is 2.33. The Morgan fingerprint density at radius 2 is 1.41 bits per heavy atom. The minimum absolute atomic E-state index is 0.133. The molecule has 2 atom stereocenters. The molecule has 0 N–H and O–H groups in total. The van der Waals surface area contributed by atoms with Crippen molar-refractivity contribution in [3.63, 3.8) is 0 Å². The van der Waals surface area contributed by atoms with Crippen LogP contribution in [0.1, 0.15) is 64.9 Å². The number of allylic oxidation sites excluding steroid dienone is 2. The second kappa shape index (κ2) is 11.6. The number of benzene rings is 1. The van der Waals surface area contributed by atoms with Gasteiger partial charge >= 0.3 is 175 Å². The average molecular weight is 493 g/mol. The van der Waals surface area contributed by atoms with Crippen molar-refractivity contribution in [2.24, 2.45) is 0 Å². The van der Waals surface area contributed by atoms with Crippen molar-refractivity contribution in [1.82, 2.24) is 0 Å². The molecule has 0 aliphatic heterocycles. The van der Waals surface area contributed by atoms with Crippen molar-refractivity contribution in [2.45, 2.75) is 89.7 Å². The van der Waals surface area contributed by atoms with Gasteiger partial charge < -0.3 is 0 Å². The van der Waals surface area contributed by atoms with Crippen LogP contribution in [0.3, 0.4) is 0 Å². The third-order valence-corrected chi connectivity index (χ3v) is 24.3. The van der Waals surface area contributed by atoms with E-state index in [-0.39, 0.29) is 5.25 Å². The zero-order valence-corrected chi connectivity index (χ0v) is 21.5. The van der Waals surface area contributed by atoms with E-state index in [0.29, 0.717) is 0 Å². The molecule has 1 aliphatic carbocycles. The summed E-state index contributed by atoms with van der Waals surface area (Å²) in [6, 6.07) is 8.32. The summed E-state index contributed by atoms with van der Waals surface area (Å²) >= 11 is -2.52. The molecule has 1 aliphatic rings. The van der Waals surface area contributed by atoms with Crippen LogP contribution in [0.15, 0.2) is 51.0 Å². The van der Waals surface area contributed by atoms with E-state index in [1.54, 1.807) is 3.59 Å². The van der Waals surface area contributed by atoms with Gasteiger partial charge in [0, 0.05) is 0 Å². The topological polar surface area (TPSA) is 17.1 Å². The minimum atomic E-state index is -2.52. The van der Waals surface area contributed by atoms with Crippen LogP contribution < -0.4 is 0 Å². The van der Waals surface area contributed by atoms with E-state index in [4.69, 9.17) is 0 Å². The molecular weight excluding hydrogens is 455 g/mol. The quantitative estimate of drug-likeness (QED) is 0.278. The second-order valence-corrected chi connectivity index (χ2v) is 22.9. The van der Waals surface area contributed by atoms with Gasteiger partial charge in [0.15, 0.2) is 0 Å². The monoisotopic (exact) mass is 494 g/mol. The van der Waals surface area contributed by atoms with Crippen LogP contribution in [0.5, 0.6) is 0 Å². The Morgan fingerprint density at radius 3 is 1.89 bits per heavy atom. The van der Waals surface area contributed by atoms with E-state index in [1.165, 1.54) is 57.4 Å². The summed E-state index contributed by atoms with van der Waals surface area (Å²) in [6.07, 6.45) is 14.7. The SMILES string of the molecule is CCC[CH2][Sn]([CH2]CCC)([CH2]CCC)[C]1=CC=CC1S(=O)c1ccc(C)cc1. The molecule has 0 spiro atoms. The van der Waals surface area contributed by atoms with E-state index in [0.717, 1.165) is 4.90 Å². The molecule has 27 heavy (non-hydrogen) atoms. The van der Waals surface area contributed by atoms with Gasteiger partial charge in [-0.15, -0.1) is 0 Å². The van der Waals surface area contributed by atoms with Crippen molar-refractivity contribution in [2.75, 3.05) is 0 Å². The van der Waals surface area contributed by atoms with Crippen molar-refractivity contribution < 1.29 is 4.21 Å². The number of aryl methyl sites for hydroxylation is 1. The number of hydrogen-bond donors (Lipinski definition) is 0. The molecule has 1 aromatic rings. The maximum absolute atomic E-state index is 13.5. The molecule has 0 aromatic heterocycles. The van der Waals surface area contributed by atoms with Gasteiger partial charge in [0.2, 0.25) is 0 Å². The van der Waals surface area contributed by atoms with Crippen LogP contribution in [0.25, 0.3) is 0 Å². The van der Waals surface area contributed by atoms with Crippen LogP contribution in [-0.2, 0) is 10.8 Å². The molecular formula is C24H38OSSn. The Bertz CT molecular complexity index is 638. The third-order valence-electron chi connectivity index (χ3n) is 5.99. The standard InChI is InChI=1S/C12H11OS.3C4H9.Sn/c1-10-6-8-12(9-7-10)14(13)11-4-2-3-5-11;3*1-3-4-2;/h2-4,6-9,11H,1H3;3*1,3-4H2,2H3;. The second-order valence-electron chi connectivity index (χ2n) is 8.13. The molecule has 2 rings (SSSR count). The number of rotatable bonds is 12. The Labute approximate surface area is 174 Å². The Hall–Kier alpha value is -0.351. The maximum atomic E-state index is 13.5. The van der Waals surface area contributed by atoms with Crippen LogP contribution in [0.4, 0.5) is 0 Å². The fraction of sp³-hybridized carbons (Fsp3) is 0.583. The van der Waals surface area contributed by atoms with Gasteiger partial charge in [0.05, 0.1) is 0 Å². The molecule has 0 amide bonds. The number of hydrogen-bond acceptors (Lipinski definition) is 1.